The molecule has 7 heteroatoms. The molecule has 2 amide bonds. The van der Waals surface area contributed by atoms with Crippen LogP contribution in [0.3, 0.4) is 0 Å². The highest BCUT2D eigenvalue weighted by Crippen LogP contribution is 2.65. The maximum atomic E-state index is 12.5. The summed E-state index contributed by atoms with van der Waals surface area (Å²) in [5.41, 5.74) is 1.05. The number of benzene rings is 1. The molecule has 0 radical (unpaired) electrons. The fraction of sp³-hybridized carbons (Fsp3) is 0.632. The standard InChI is InChI=1S/C19H29N3O3S/c1-12(13-6-5-7-15(10-13)26(20,24)25)21-17(23)22-16-11-14-8-9-19(16,4)18(14,2)3/h5-7,10,12,14,16H,8-9,11H2,1-4H3,(H2,20,24,25)(H2,21,22,23). The van der Waals surface area contributed by atoms with Crippen LogP contribution in [0.2, 0.25) is 0 Å². The van der Waals surface area contributed by atoms with E-state index in [9.17, 15) is 13.2 Å². The average Bonchev–Trinajstić information content (AvgIpc) is 2.87. The van der Waals surface area contributed by atoms with Gasteiger partial charge in [0.15, 0.2) is 0 Å². The van der Waals surface area contributed by atoms with Crippen molar-refractivity contribution in [1.29, 1.82) is 0 Å². The maximum Gasteiger partial charge on any atom is 0.315 e. The van der Waals surface area contributed by atoms with Gasteiger partial charge in [0.25, 0.3) is 0 Å². The summed E-state index contributed by atoms with van der Waals surface area (Å²) >= 11 is 0. The monoisotopic (exact) mass is 379 g/mol. The number of nitrogens with two attached hydrogens (primary N) is 1. The molecule has 0 saturated heterocycles. The Hall–Kier alpha value is -1.60. The number of sulfonamides is 1. The quantitative estimate of drug-likeness (QED) is 0.749. The van der Waals surface area contributed by atoms with Crippen LogP contribution in [0.5, 0.6) is 0 Å². The van der Waals surface area contributed by atoms with E-state index in [0.29, 0.717) is 11.5 Å². The Balaban J connectivity index is 1.66. The van der Waals surface area contributed by atoms with Crippen molar-refractivity contribution in [3.63, 3.8) is 0 Å². The first-order valence-corrected chi connectivity index (χ1v) is 10.7. The van der Waals surface area contributed by atoms with Gasteiger partial charge in [-0.15, -0.1) is 0 Å². The van der Waals surface area contributed by atoms with Crippen molar-refractivity contribution in [2.45, 2.75) is 63.9 Å². The number of urea groups is 1. The Morgan fingerprint density at radius 3 is 2.54 bits per heavy atom. The Morgan fingerprint density at radius 2 is 2.00 bits per heavy atom. The highest BCUT2D eigenvalue weighted by molar-refractivity contribution is 7.89. The third-order valence-corrected chi connectivity index (χ3v) is 8.04. The highest BCUT2D eigenvalue weighted by Gasteiger charge is 2.61. The van der Waals surface area contributed by atoms with Gasteiger partial charge < -0.3 is 10.6 Å². The fourth-order valence-corrected chi connectivity index (χ4v) is 5.43. The van der Waals surface area contributed by atoms with Crippen LogP contribution in [-0.4, -0.2) is 20.5 Å². The maximum absolute atomic E-state index is 12.5. The molecular weight excluding hydrogens is 350 g/mol. The highest BCUT2D eigenvalue weighted by atomic mass is 32.2. The lowest BCUT2D eigenvalue weighted by molar-refractivity contribution is 0.123. The lowest BCUT2D eigenvalue weighted by atomic mass is 9.69. The van der Waals surface area contributed by atoms with Crippen molar-refractivity contribution < 1.29 is 13.2 Å². The van der Waals surface area contributed by atoms with Crippen molar-refractivity contribution in [1.82, 2.24) is 10.6 Å². The molecule has 2 aliphatic carbocycles. The van der Waals surface area contributed by atoms with E-state index in [1.165, 1.54) is 18.6 Å². The summed E-state index contributed by atoms with van der Waals surface area (Å²) in [4.78, 5) is 12.6. The number of fused-ring (bicyclic) bond motifs is 2. The molecule has 2 fully saturated rings. The second-order valence-corrected chi connectivity index (χ2v) is 10.2. The summed E-state index contributed by atoms with van der Waals surface area (Å²) < 4.78 is 23.0. The molecule has 0 aromatic heterocycles. The van der Waals surface area contributed by atoms with Gasteiger partial charge in [-0.2, -0.15) is 0 Å². The lowest BCUT2D eigenvalue weighted by Crippen LogP contribution is -2.50. The molecule has 6 nitrogen and oxygen atoms in total. The van der Waals surface area contributed by atoms with Crippen molar-refractivity contribution >= 4 is 16.1 Å². The van der Waals surface area contributed by atoms with Gasteiger partial charge in [-0.25, -0.2) is 18.4 Å². The lowest BCUT2D eigenvalue weighted by Gasteiger charge is -2.39. The molecular formula is C19H29N3O3S. The van der Waals surface area contributed by atoms with E-state index in [4.69, 9.17) is 5.14 Å². The summed E-state index contributed by atoms with van der Waals surface area (Å²) in [6, 6.07) is 5.99. The minimum Gasteiger partial charge on any atom is -0.335 e. The Kier molecular flexibility index (Phi) is 4.60. The Bertz CT molecular complexity index is 821. The Labute approximate surface area is 156 Å². The molecule has 2 aliphatic rings. The molecule has 4 N–H and O–H groups in total. The second kappa shape index (κ2) is 6.23. The fourth-order valence-electron chi connectivity index (χ4n) is 4.86. The summed E-state index contributed by atoms with van der Waals surface area (Å²) in [7, 11) is -3.76. The number of amides is 2. The zero-order valence-electron chi connectivity index (χ0n) is 15.9. The molecule has 4 atom stereocenters. The van der Waals surface area contributed by atoms with Crippen molar-refractivity contribution in [2.24, 2.45) is 21.9 Å². The summed E-state index contributed by atoms with van der Waals surface area (Å²) in [6.07, 6.45) is 3.40. The van der Waals surface area contributed by atoms with Crippen LogP contribution in [0.1, 0.15) is 58.6 Å². The molecule has 1 aromatic rings. The molecule has 0 spiro atoms. The predicted molar refractivity (Wildman–Crippen MR) is 101 cm³/mol. The summed E-state index contributed by atoms with van der Waals surface area (Å²) in [5, 5.41) is 11.3. The molecule has 0 heterocycles. The number of carbonyl (C=O) groups is 1. The van der Waals surface area contributed by atoms with E-state index in [2.05, 4.69) is 31.4 Å². The van der Waals surface area contributed by atoms with Gasteiger partial charge in [0.05, 0.1) is 10.9 Å². The van der Waals surface area contributed by atoms with E-state index in [1.807, 2.05) is 6.92 Å². The first-order valence-electron chi connectivity index (χ1n) is 9.15. The number of nitrogens with one attached hydrogen (secondary N) is 2. The molecule has 2 bridgehead atoms. The van der Waals surface area contributed by atoms with Gasteiger partial charge in [0, 0.05) is 6.04 Å². The zero-order valence-corrected chi connectivity index (χ0v) is 16.7. The van der Waals surface area contributed by atoms with Crippen LogP contribution in [0, 0.1) is 16.7 Å². The zero-order chi connectivity index (χ0) is 19.3. The molecule has 1 aromatic carbocycles. The molecule has 3 rings (SSSR count). The minimum atomic E-state index is -3.76. The van der Waals surface area contributed by atoms with Crippen LogP contribution in [-0.2, 0) is 10.0 Å². The van der Waals surface area contributed by atoms with E-state index in [-0.39, 0.29) is 33.8 Å². The van der Waals surface area contributed by atoms with E-state index >= 15 is 0 Å². The smallest absolute Gasteiger partial charge is 0.315 e. The van der Waals surface area contributed by atoms with Gasteiger partial charge in [-0.05, 0) is 60.6 Å². The number of hydrogen-bond donors (Lipinski definition) is 3. The van der Waals surface area contributed by atoms with Gasteiger partial charge in [-0.3, -0.25) is 0 Å². The third-order valence-electron chi connectivity index (χ3n) is 7.13. The van der Waals surface area contributed by atoms with Crippen LogP contribution in [0.25, 0.3) is 0 Å². The molecule has 26 heavy (non-hydrogen) atoms. The van der Waals surface area contributed by atoms with Crippen LogP contribution < -0.4 is 15.8 Å². The normalized spacial score (nSPS) is 30.8. The second-order valence-electron chi connectivity index (χ2n) is 8.62. The number of rotatable bonds is 4. The summed E-state index contributed by atoms with van der Waals surface area (Å²) in [5.74, 6) is 0.654. The number of carbonyl (C=O) groups excluding carboxylic acids is 1. The Morgan fingerprint density at radius 1 is 1.31 bits per heavy atom. The van der Waals surface area contributed by atoms with Crippen LogP contribution in [0.15, 0.2) is 29.2 Å². The first-order chi connectivity index (χ1) is 11.9. The topological polar surface area (TPSA) is 101 Å². The first kappa shape index (κ1) is 19.2. The van der Waals surface area contributed by atoms with Gasteiger partial charge in [0.1, 0.15) is 0 Å². The minimum absolute atomic E-state index is 0.0476. The van der Waals surface area contributed by atoms with Crippen LogP contribution >= 0.6 is 0 Å². The molecule has 4 unspecified atom stereocenters. The molecule has 2 saturated carbocycles. The van der Waals surface area contributed by atoms with Gasteiger partial charge in [0.2, 0.25) is 10.0 Å². The van der Waals surface area contributed by atoms with Crippen molar-refractivity contribution in [2.75, 3.05) is 0 Å². The largest absolute Gasteiger partial charge is 0.335 e. The van der Waals surface area contributed by atoms with E-state index in [0.717, 1.165) is 12.8 Å². The van der Waals surface area contributed by atoms with Gasteiger partial charge >= 0.3 is 6.03 Å². The molecule has 144 valence electrons. The third kappa shape index (κ3) is 3.11. The van der Waals surface area contributed by atoms with E-state index < -0.39 is 10.0 Å². The average molecular weight is 380 g/mol. The predicted octanol–water partition coefficient (Wildman–Crippen LogP) is 2.91. The number of hydrogen-bond acceptors (Lipinski definition) is 3. The van der Waals surface area contributed by atoms with E-state index in [1.54, 1.807) is 12.1 Å². The van der Waals surface area contributed by atoms with Crippen molar-refractivity contribution in [3.8, 4) is 0 Å². The van der Waals surface area contributed by atoms with Crippen LogP contribution in [0.4, 0.5) is 4.79 Å². The number of primary sulfonamides is 1. The SMILES string of the molecule is CC(NC(=O)NC1CC2CCC1(C)C2(C)C)c1cccc(S(N)(=O)=O)c1. The molecule has 0 aliphatic heterocycles. The van der Waals surface area contributed by atoms with Crippen molar-refractivity contribution in [3.05, 3.63) is 29.8 Å². The summed E-state index contributed by atoms with van der Waals surface area (Å²) in [6.45, 7) is 8.73. The van der Waals surface area contributed by atoms with Gasteiger partial charge in [-0.1, -0.05) is 32.9 Å².